The lowest BCUT2D eigenvalue weighted by Gasteiger charge is -2.26. The smallest absolute Gasteiger partial charge is 0.338 e. The van der Waals surface area contributed by atoms with Gasteiger partial charge in [0, 0.05) is 11.3 Å². The van der Waals surface area contributed by atoms with E-state index in [1.807, 2.05) is 6.92 Å². The molecule has 1 unspecified atom stereocenters. The van der Waals surface area contributed by atoms with Gasteiger partial charge in [-0.1, -0.05) is 37.3 Å². The van der Waals surface area contributed by atoms with Gasteiger partial charge < -0.3 is 19.7 Å². The number of phenolic OH excluding ortho intramolecular Hbond substituents is 1. The number of carbonyl (C=O) groups is 3. The Morgan fingerprint density at radius 3 is 2.35 bits per heavy atom. The number of carbonyl (C=O) groups excluding carboxylic acids is 3. The third-order valence-electron chi connectivity index (χ3n) is 5.87. The van der Waals surface area contributed by atoms with Crippen molar-refractivity contribution in [1.29, 1.82) is 0 Å². The van der Waals surface area contributed by atoms with Gasteiger partial charge in [0.2, 0.25) is 0 Å². The van der Waals surface area contributed by atoms with E-state index in [0.717, 1.165) is 6.42 Å². The minimum atomic E-state index is -1.02. The van der Waals surface area contributed by atoms with Crippen molar-refractivity contribution in [2.75, 3.05) is 18.1 Å². The number of phenols is 1. The van der Waals surface area contributed by atoms with E-state index in [4.69, 9.17) is 9.47 Å². The molecule has 1 saturated heterocycles. The molecule has 0 bridgehead atoms. The van der Waals surface area contributed by atoms with Crippen LogP contribution in [-0.4, -0.2) is 41.1 Å². The monoisotopic (exact) mass is 501 g/mol. The third-order valence-corrected chi connectivity index (χ3v) is 5.87. The van der Waals surface area contributed by atoms with E-state index < -0.39 is 23.7 Å². The van der Waals surface area contributed by atoms with Crippen LogP contribution in [0.5, 0.6) is 11.5 Å². The van der Waals surface area contributed by atoms with Gasteiger partial charge in [-0.3, -0.25) is 14.5 Å². The molecule has 1 fully saturated rings. The second kappa shape index (κ2) is 11.0. The molecule has 3 aromatic carbocycles. The van der Waals surface area contributed by atoms with Crippen molar-refractivity contribution in [2.24, 2.45) is 0 Å². The first-order valence-electron chi connectivity index (χ1n) is 12.0. The number of benzene rings is 3. The van der Waals surface area contributed by atoms with Gasteiger partial charge >= 0.3 is 5.97 Å². The van der Waals surface area contributed by atoms with Crippen molar-refractivity contribution < 1.29 is 34.1 Å². The van der Waals surface area contributed by atoms with Crippen LogP contribution in [0.15, 0.2) is 78.4 Å². The summed E-state index contributed by atoms with van der Waals surface area (Å²) in [5.74, 6) is -2.14. The number of ketones is 1. The largest absolute Gasteiger partial charge is 0.508 e. The highest BCUT2D eigenvalue weighted by Gasteiger charge is 2.47. The number of aromatic hydroxyl groups is 1. The highest BCUT2D eigenvalue weighted by molar-refractivity contribution is 6.51. The molecule has 8 nitrogen and oxygen atoms in total. The van der Waals surface area contributed by atoms with Gasteiger partial charge in [0.1, 0.15) is 17.3 Å². The van der Waals surface area contributed by atoms with E-state index in [2.05, 4.69) is 0 Å². The zero-order chi connectivity index (χ0) is 26.5. The number of Topliss-reactive ketones (excluding diaryl/α,β-unsaturated/α-hetero) is 1. The number of amides is 1. The molecular formula is C29H27NO7. The zero-order valence-electron chi connectivity index (χ0n) is 20.5. The fourth-order valence-electron chi connectivity index (χ4n) is 4.18. The highest BCUT2D eigenvalue weighted by Crippen LogP contribution is 2.42. The van der Waals surface area contributed by atoms with Crippen molar-refractivity contribution in [3.05, 3.63) is 95.1 Å². The van der Waals surface area contributed by atoms with Gasteiger partial charge in [-0.05, 0) is 61.4 Å². The maximum absolute atomic E-state index is 13.4. The van der Waals surface area contributed by atoms with Crippen LogP contribution in [0.1, 0.15) is 47.8 Å². The van der Waals surface area contributed by atoms with Crippen molar-refractivity contribution in [2.45, 2.75) is 26.3 Å². The molecule has 8 heteroatoms. The number of hydrogen-bond donors (Lipinski definition) is 2. The number of esters is 1. The summed E-state index contributed by atoms with van der Waals surface area (Å²) in [6.45, 7) is 4.33. The van der Waals surface area contributed by atoms with Crippen molar-refractivity contribution >= 4 is 29.1 Å². The van der Waals surface area contributed by atoms with Gasteiger partial charge in [-0.2, -0.15) is 0 Å². The summed E-state index contributed by atoms with van der Waals surface area (Å²) >= 11 is 0. The molecule has 3 aromatic rings. The van der Waals surface area contributed by atoms with Crippen LogP contribution in [0, 0.1) is 0 Å². The summed E-state index contributed by atoms with van der Waals surface area (Å²) in [4.78, 5) is 40.3. The first-order chi connectivity index (χ1) is 17.8. The second-order valence-corrected chi connectivity index (χ2v) is 8.41. The van der Waals surface area contributed by atoms with Crippen LogP contribution in [0.3, 0.4) is 0 Å². The van der Waals surface area contributed by atoms with E-state index in [0.29, 0.717) is 23.5 Å². The minimum absolute atomic E-state index is 0.00536. The first kappa shape index (κ1) is 25.5. The van der Waals surface area contributed by atoms with E-state index in [9.17, 15) is 24.6 Å². The number of rotatable bonds is 8. The zero-order valence-corrected chi connectivity index (χ0v) is 20.5. The predicted octanol–water partition coefficient (Wildman–Crippen LogP) is 4.98. The van der Waals surface area contributed by atoms with Crippen molar-refractivity contribution in [3.63, 3.8) is 0 Å². The van der Waals surface area contributed by atoms with E-state index in [1.165, 1.54) is 23.1 Å². The maximum atomic E-state index is 13.4. The van der Waals surface area contributed by atoms with E-state index >= 15 is 0 Å². The van der Waals surface area contributed by atoms with Crippen LogP contribution >= 0.6 is 0 Å². The lowest BCUT2D eigenvalue weighted by atomic mass is 9.95. The molecule has 4 rings (SSSR count). The third kappa shape index (κ3) is 5.18. The van der Waals surface area contributed by atoms with Crippen LogP contribution in [-0.2, 0) is 14.3 Å². The molecule has 0 spiro atoms. The fraction of sp³-hybridized carbons (Fsp3) is 0.207. The number of aliphatic hydroxyl groups excluding tert-OH is 1. The standard InChI is InChI=1S/C29H27NO7/c1-3-15-37-23-10-6-7-19(17-23)26(32)24-25(18-11-13-22(31)14-12-18)30(28(34)27(24)33)21-9-5-8-20(16-21)29(35)36-4-2/h5-14,16-17,25,31-32H,3-4,15H2,1-2H3/b26-24+. The summed E-state index contributed by atoms with van der Waals surface area (Å²) in [6.07, 6.45) is 0.799. The summed E-state index contributed by atoms with van der Waals surface area (Å²) < 4.78 is 10.7. The lowest BCUT2D eigenvalue weighted by Crippen LogP contribution is -2.29. The van der Waals surface area contributed by atoms with Crippen LogP contribution < -0.4 is 9.64 Å². The average Bonchev–Trinajstić information content (AvgIpc) is 3.18. The molecule has 2 N–H and O–H groups in total. The van der Waals surface area contributed by atoms with Crippen molar-refractivity contribution in [1.82, 2.24) is 0 Å². The Morgan fingerprint density at radius 1 is 0.946 bits per heavy atom. The van der Waals surface area contributed by atoms with Gasteiger partial charge in [0.25, 0.3) is 11.7 Å². The summed E-state index contributed by atoms with van der Waals surface area (Å²) in [6, 6.07) is 17.9. The Bertz CT molecular complexity index is 1360. The number of nitrogens with zero attached hydrogens (tertiary/aromatic N) is 1. The fourth-order valence-corrected chi connectivity index (χ4v) is 4.18. The Balaban J connectivity index is 1.87. The quantitative estimate of drug-likeness (QED) is 0.194. The summed E-state index contributed by atoms with van der Waals surface area (Å²) in [7, 11) is 0. The molecule has 0 saturated carbocycles. The molecule has 190 valence electrons. The molecule has 0 radical (unpaired) electrons. The molecule has 1 atom stereocenters. The SMILES string of the molecule is CCCOc1cccc(/C(O)=C2\C(=O)C(=O)N(c3cccc(C(=O)OCC)c3)C2c2ccc(O)cc2)c1. The Hall–Kier alpha value is -4.59. The predicted molar refractivity (Wildman–Crippen MR) is 138 cm³/mol. The number of aliphatic hydroxyl groups is 1. The van der Waals surface area contributed by atoms with Gasteiger partial charge in [0.15, 0.2) is 0 Å². The molecular weight excluding hydrogens is 474 g/mol. The normalized spacial score (nSPS) is 16.6. The molecule has 37 heavy (non-hydrogen) atoms. The maximum Gasteiger partial charge on any atom is 0.338 e. The molecule has 0 aliphatic carbocycles. The Morgan fingerprint density at radius 2 is 1.65 bits per heavy atom. The first-order valence-corrected chi connectivity index (χ1v) is 12.0. The number of ether oxygens (including phenoxy) is 2. The minimum Gasteiger partial charge on any atom is -0.508 e. The number of anilines is 1. The van der Waals surface area contributed by atoms with Crippen molar-refractivity contribution in [3.8, 4) is 11.5 Å². The van der Waals surface area contributed by atoms with Gasteiger partial charge in [-0.25, -0.2) is 4.79 Å². The van der Waals surface area contributed by atoms with Gasteiger partial charge in [-0.15, -0.1) is 0 Å². The molecule has 1 aliphatic heterocycles. The summed E-state index contributed by atoms with van der Waals surface area (Å²) in [5.41, 5.74) is 1.18. The van der Waals surface area contributed by atoms with E-state index in [-0.39, 0.29) is 34.9 Å². The molecule has 1 aliphatic rings. The highest BCUT2D eigenvalue weighted by atomic mass is 16.5. The average molecular weight is 502 g/mol. The van der Waals surface area contributed by atoms with Crippen LogP contribution in [0.25, 0.3) is 5.76 Å². The topological polar surface area (TPSA) is 113 Å². The second-order valence-electron chi connectivity index (χ2n) is 8.41. The Labute approximate surface area is 214 Å². The molecule has 1 heterocycles. The number of hydrogen-bond acceptors (Lipinski definition) is 7. The summed E-state index contributed by atoms with van der Waals surface area (Å²) in [5, 5.41) is 21.1. The van der Waals surface area contributed by atoms with Gasteiger partial charge in [0.05, 0.1) is 30.4 Å². The van der Waals surface area contributed by atoms with Crippen LogP contribution in [0.2, 0.25) is 0 Å². The molecule has 1 amide bonds. The molecule has 0 aromatic heterocycles. The lowest BCUT2D eigenvalue weighted by molar-refractivity contribution is -0.132. The van der Waals surface area contributed by atoms with Crippen LogP contribution in [0.4, 0.5) is 5.69 Å². The van der Waals surface area contributed by atoms with E-state index in [1.54, 1.807) is 61.5 Å². The Kier molecular flexibility index (Phi) is 7.57.